The Bertz CT molecular complexity index is 652. The number of rotatable bonds is 5. The predicted molar refractivity (Wildman–Crippen MR) is 93.8 cm³/mol. The van der Waals surface area contributed by atoms with Crippen molar-refractivity contribution < 1.29 is 19.4 Å². The van der Waals surface area contributed by atoms with Crippen LogP contribution in [0.2, 0.25) is 0 Å². The topological polar surface area (TPSA) is 66.8 Å². The van der Waals surface area contributed by atoms with E-state index < -0.39 is 11.9 Å². The Morgan fingerprint density at radius 3 is 1.96 bits per heavy atom. The van der Waals surface area contributed by atoms with Gasteiger partial charge in [0, 0.05) is 31.9 Å². The van der Waals surface area contributed by atoms with Gasteiger partial charge in [-0.1, -0.05) is 48.5 Å². The van der Waals surface area contributed by atoms with Crippen molar-refractivity contribution >= 4 is 17.6 Å². The molecule has 0 aromatic heterocycles. The Labute approximate surface area is 141 Å². The molecule has 0 atom stereocenters. The van der Waals surface area contributed by atoms with E-state index in [1.54, 1.807) is 0 Å². The van der Waals surface area contributed by atoms with Gasteiger partial charge in [0.25, 0.3) is 0 Å². The Morgan fingerprint density at radius 1 is 0.958 bits per heavy atom. The second-order valence-corrected chi connectivity index (χ2v) is 4.99. The van der Waals surface area contributed by atoms with Gasteiger partial charge in [-0.2, -0.15) is 0 Å². The zero-order chi connectivity index (χ0) is 17.8. The molecule has 2 rings (SSSR count). The van der Waals surface area contributed by atoms with E-state index in [1.165, 1.54) is 5.69 Å². The monoisotopic (exact) mass is 327 g/mol. The lowest BCUT2D eigenvalue weighted by molar-refractivity contribution is -0.139. The van der Waals surface area contributed by atoms with Crippen molar-refractivity contribution in [3.05, 3.63) is 78.4 Å². The molecule has 0 radical (unpaired) electrons. The minimum Gasteiger partial charge on any atom is -0.478 e. The second-order valence-electron chi connectivity index (χ2n) is 4.99. The smallest absolute Gasteiger partial charge is 0.331 e. The number of carboxylic acids is 1. The average molecular weight is 327 g/mol. The van der Waals surface area contributed by atoms with Crippen LogP contribution >= 0.6 is 0 Å². The van der Waals surface area contributed by atoms with Crippen molar-refractivity contribution in [1.29, 1.82) is 0 Å². The van der Waals surface area contributed by atoms with Gasteiger partial charge in [-0.3, -0.25) is 0 Å². The first kappa shape index (κ1) is 19.0. The SMILES string of the molecule is CN(C)c1ccccc1.O=C(O)/C=C/C(=O)OCc1ccccc1. The summed E-state index contributed by atoms with van der Waals surface area (Å²) in [7, 11) is 4.07. The quantitative estimate of drug-likeness (QED) is 0.675. The molecular formula is C19H21NO4. The standard InChI is InChI=1S/C11H10O4.C8H11N/c12-10(13)6-7-11(14)15-8-9-4-2-1-3-5-9;1-9(2)8-6-4-3-5-7-8/h1-7H,8H2,(H,12,13);3-7H,1-2H3/b7-6+;. The summed E-state index contributed by atoms with van der Waals surface area (Å²) in [6.07, 6.45) is 1.62. The molecule has 0 aliphatic carbocycles. The summed E-state index contributed by atoms with van der Waals surface area (Å²) >= 11 is 0. The van der Waals surface area contributed by atoms with E-state index in [0.29, 0.717) is 0 Å². The van der Waals surface area contributed by atoms with Gasteiger partial charge >= 0.3 is 11.9 Å². The van der Waals surface area contributed by atoms with Crippen LogP contribution in [0.4, 0.5) is 5.69 Å². The zero-order valence-electron chi connectivity index (χ0n) is 13.8. The fraction of sp³-hybridized carbons (Fsp3) is 0.158. The van der Waals surface area contributed by atoms with E-state index in [1.807, 2.05) is 62.6 Å². The highest BCUT2D eigenvalue weighted by Gasteiger charge is 1.98. The third kappa shape index (κ3) is 8.38. The number of esters is 1. The third-order valence-corrected chi connectivity index (χ3v) is 2.86. The molecule has 1 N–H and O–H groups in total. The van der Waals surface area contributed by atoms with E-state index in [4.69, 9.17) is 9.84 Å². The molecule has 0 aliphatic rings. The number of aliphatic carboxylic acids is 1. The van der Waals surface area contributed by atoms with Crippen molar-refractivity contribution in [2.75, 3.05) is 19.0 Å². The number of carboxylic acid groups (broad SMARTS) is 1. The summed E-state index contributed by atoms with van der Waals surface area (Å²) < 4.78 is 4.79. The number of benzene rings is 2. The molecule has 0 bridgehead atoms. The van der Waals surface area contributed by atoms with Crippen LogP contribution < -0.4 is 4.90 Å². The van der Waals surface area contributed by atoms with E-state index in [0.717, 1.165) is 17.7 Å². The number of hydrogen-bond donors (Lipinski definition) is 1. The Hall–Kier alpha value is -3.08. The number of ether oxygens (including phenoxy) is 1. The molecular weight excluding hydrogens is 306 g/mol. The molecule has 2 aromatic carbocycles. The van der Waals surface area contributed by atoms with Crippen LogP contribution in [-0.2, 0) is 20.9 Å². The number of nitrogens with zero attached hydrogens (tertiary/aromatic N) is 1. The van der Waals surface area contributed by atoms with Crippen molar-refractivity contribution in [2.45, 2.75) is 6.61 Å². The second kappa shape index (κ2) is 10.6. The molecule has 0 spiro atoms. The van der Waals surface area contributed by atoms with Crippen LogP contribution in [0.25, 0.3) is 0 Å². The van der Waals surface area contributed by atoms with Gasteiger partial charge in [0.2, 0.25) is 0 Å². The van der Waals surface area contributed by atoms with Gasteiger partial charge in [0.1, 0.15) is 6.61 Å². The Balaban J connectivity index is 0.000000272. The van der Waals surface area contributed by atoms with Gasteiger partial charge in [-0.15, -0.1) is 0 Å². The highest BCUT2D eigenvalue weighted by molar-refractivity contribution is 5.90. The third-order valence-electron chi connectivity index (χ3n) is 2.86. The van der Waals surface area contributed by atoms with Gasteiger partial charge in [0.15, 0.2) is 0 Å². The summed E-state index contributed by atoms with van der Waals surface area (Å²) in [5.74, 6) is -1.84. The van der Waals surface area contributed by atoms with E-state index >= 15 is 0 Å². The minimum absolute atomic E-state index is 0.142. The molecule has 24 heavy (non-hydrogen) atoms. The van der Waals surface area contributed by atoms with Crippen molar-refractivity contribution in [3.8, 4) is 0 Å². The Morgan fingerprint density at radius 2 is 1.50 bits per heavy atom. The van der Waals surface area contributed by atoms with Gasteiger partial charge in [0.05, 0.1) is 0 Å². The molecule has 0 heterocycles. The maximum atomic E-state index is 10.9. The predicted octanol–water partition coefficient (Wildman–Crippen LogP) is 3.12. The molecule has 0 saturated heterocycles. The van der Waals surface area contributed by atoms with E-state index in [9.17, 15) is 9.59 Å². The summed E-state index contributed by atoms with van der Waals surface area (Å²) in [5, 5.41) is 8.25. The molecule has 126 valence electrons. The molecule has 0 saturated carbocycles. The van der Waals surface area contributed by atoms with Crippen molar-refractivity contribution in [2.24, 2.45) is 0 Å². The largest absolute Gasteiger partial charge is 0.478 e. The molecule has 0 amide bonds. The fourth-order valence-corrected chi connectivity index (χ4v) is 1.64. The number of anilines is 1. The normalized spacial score (nSPS) is 9.75. The van der Waals surface area contributed by atoms with Crippen LogP contribution in [0.5, 0.6) is 0 Å². The van der Waals surface area contributed by atoms with E-state index in [2.05, 4.69) is 17.0 Å². The maximum absolute atomic E-state index is 10.9. The molecule has 5 heteroatoms. The summed E-state index contributed by atoms with van der Waals surface area (Å²) in [6, 6.07) is 19.4. The first-order valence-corrected chi connectivity index (χ1v) is 7.33. The lowest BCUT2D eigenvalue weighted by atomic mass is 10.2. The number of para-hydroxylation sites is 1. The Kier molecular flexibility index (Phi) is 8.39. The lowest BCUT2D eigenvalue weighted by Gasteiger charge is -2.10. The zero-order valence-corrected chi connectivity index (χ0v) is 13.8. The van der Waals surface area contributed by atoms with Gasteiger partial charge in [-0.05, 0) is 17.7 Å². The average Bonchev–Trinajstić information content (AvgIpc) is 2.60. The highest BCUT2D eigenvalue weighted by Crippen LogP contribution is 2.07. The number of carbonyl (C=O) groups is 2. The highest BCUT2D eigenvalue weighted by atomic mass is 16.5. The molecule has 0 fully saturated rings. The molecule has 2 aromatic rings. The van der Waals surface area contributed by atoms with Crippen LogP contribution in [0.1, 0.15) is 5.56 Å². The van der Waals surface area contributed by atoms with Crippen molar-refractivity contribution in [1.82, 2.24) is 0 Å². The number of carbonyl (C=O) groups excluding carboxylic acids is 1. The summed E-state index contributed by atoms with van der Waals surface area (Å²) in [5.41, 5.74) is 2.10. The maximum Gasteiger partial charge on any atom is 0.331 e. The van der Waals surface area contributed by atoms with Crippen LogP contribution in [0.15, 0.2) is 72.8 Å². The summed E-state index contributed by atoms with van der Waals surface area (Å²) in [4.78, 5) is 23.1. The first-order chi connectivity index (χ1) is 11.5. The molecule has 0 unspecified atom stereocenters. The van der Waals surface area contributed by atoms with Crippen LogP contribution in [-0.4, -0.2) is 31.1 Å². The molecule has 0 aliphatic heterocycles. The van der Waals surface area contributed by atoms with Gasteiger partial charge < -0.3 is 14.7 Å². The lowest BCUT2D eigenvalue weighted by Crippen LogP contribution is -2.07. The van der Waals surface area contributed by atoms with Crippen molar-refractivity contribution in [3.63, 3.8) is 0 Å². The molecule has 5 nitrogen and oxygen atoms in total. The summed E-state index contributed by atoms with van der Waals surface area (Å²) in [6.45, 7) is 0.142. The van der Waals surface area contributed by atoms with Crippen LogP contribution in [0, 0.1) is 0 Å². The first-order valence-electron chi connectivity index (χ1n) is 7.33. The van der Waals surface area contributed by atoms with Crippen LogP contribution in [0.3, 0.4) is 0 Å². The van der Waals surface area contributed by atoms with E-state index in [-0.39, 0.29) is 6.61 Å². The van der Waals surface area contributed by atoms with Gasteiger partial charge in [-0.25, -0.2) is 9.59 Å². The minimum atomic E-state index is -1.17. The number of hydrogen-bond acceptors (Lipinski definition) is 4. The fourth-order valence-electron chi connectivity index (χ4n) is 1.64.